The fourth-order valence-corrected chi connectivity index (χ4v) is 2.29. The molecule has 1 aliphatic rings. The third-order valence-electron chi connectivity index (χ3n) is 1.79. The number of hydrogen-bond acceptors (Lipinski definition) is 2. The summed E-state index contributed by atoms with van der Waals surface area (Å²) >= 11 is 1.70. The molecule has 5 heteroatoms. The van der Waals surface area contributed by atoms with Crippen molar-refractivity contribution in [1.82, 2.24) is 4.98 Å². The van der Waals surface area contributed by atoms with Crippen LogP contribution < -0.4 is 27.1 Å². The lowest BCUT2D eigenvalue weighted by atomic mass is 10.4. The van der Waals surface area contributed by atoms with Crippen molar-refractivity contribution < 1.29 is 21.5 Å². The predicted octanol–water partition coefficient (Wildman–Crippen LogP) is -2.92. The Labute approximate surface area is 85.0 Å². The smallest absolute Gasteiger partial charge is 0.336 e. The number of thioether (sulfide) groups is 1. The maximum absolute atomic E-state index is 11.0. The molecule has 0 unspecified atom stereocenters. The molecular formula is C7H9BrN2OS. The largest absolute Gasteiger partial charge is 1.00 e. The molecule has 0 saturated heterocycles. The first-order valence-electron chi connectivity index (χ1n) is 3.54. The van der Waals surface area contributed by atoms with Gasteiger partial charge in [-0.25, -0.2) is 14.3 Å². The number of nitrogens with one attached hydrogen (secondary N) is 1. The molecule has 1 N–H and O–H groups in total. The molecule has 2 heterocycles. The summed E-state index contributed by atoms with van der Waals surface area (Å²) in [5.41, 5.74) is 1.05. The van der Waals surface area contributed by atoms with Crippen LogP contribution in [0.5, 0.6) is 0 Å². The van der Waals surface area contributed by atoms with E-state index in [0.717, 1.165) is 23.1 Å². The van der Waals surface area contributed by atoms with Crippen LogP contribution in [0.4, 0.5) is 0 Å². The molecule has 1 aromatic rings. The van der Waals surface area contributed by atoms with Gasteiger partial charge in [0.25, 0.3) is 0 Å². The van der Waals surface area contributed by atoms with Crippen molar-refractivity contribution in [2.45, 2.75) is 18.6 Å². The van der Waals surface area contributed by atoms with Gasteiger partial charge in [-0.15, -0.1) is 0 Å². The minimum absolute atomic E-state index is 0. The molecule has 0 aromatic carbocycles. The molecule has 0 amide bonds. The average Bonchev–Trinajstić information content (AvgIpc) is 2.34. The van der Waals surface area contributed by atoms with Gasteiger partial charge in [0.15, 0.2) is 0 Å². The second kappa shape index (κ2) is 3.62. The summed E-state index contributed by atoms with van der Waals surface area (Å²) in [5.74, 6) is 1.07. The Bertz CT molecular complexity index is 350. The van der Waals surface area contributed by atoms with Crippen LogP contribution in [0.15, 0.2) is 16.0 Å². The van der Waals surface area contributed by atoms with E-state index in [9.17, 15) is 4.79 Å². The number of aryl methyl sites for hydroxylation is 1. The van der Waals surface area contributed by atoms with E-state index in [1.165, 1.54) is 0 Å². The van der Waals surface area contributed by atoms with Crippen molar-refractivity contribution in [1.29, 1.82) is 0 Å². The molecule has 66 valence electrons. The zero-order chi connectivity index (χ0) is 7.84. The molecule has 1 aliphatic heterocycles. The van der Waals surface area contributed by atoms with Gasteiger partial charge in [-0.2, -0.15) is 0 Å². The van der Waals surface area contributed by atoms with Crippen molar-refractivity contribution in [2.75, 3.05) is 5.75 Å². The highest BCUT2D eigenvalue weighted by molar-refractivity contribution is 7.99. The molecule has 12 heavy (non-hydrogen) atoms. The Morgan fingerprint density at radius 3 is 3.17 bits per heavy atom. The summed E-state index contributed by atoms with van der Waals surface area (Å²) in [5, 5.41) is 0.995. The topological polar surface area (TPSA) is 36.7 Å². The fourth-order valence-electron chi connectivity index (χ4n) is 1.26. The standard InChI is InChI=1S/C7H8N2OS.BrH/c1-5-4-6(10)8-7-9(5)2-3-11-7;/h4H,2-3H2,1H3;1H. The molecular weight excluding hydrogens is 240 g/mol. The maximum atomic E-state index is 11.0. The second-order valence-electron chi connectivity index (χ2n) is 2.58. The van der Waals surface area contributed by atoms with Crippen molar-refractivity contribution in [3.05, 3.63) is 22.1 Å². The lowest BCUT2D eigenvalue weighted by molar-refractivity contribution is -0.733. The van der Waals surface area contributed by atoms with E-state index in [2.05, 4.69) is 9.55 Å². The summed E-state index contributed by atoms with van der Waals surface area (Å²) < 4.78 is 2.13. The first kappa shape index (κ1) is 9.80. The average molecular weight is 249 g/mol. The van der Waals surface area contributed by atoms with E-state index in [1.54, 1.807) is 17.8 Å². The van der Waals surface area contributed by atoms with Crippen LogP contribution in [0.25, 0.3) is 0 Å². The fraction of sp³-hybridized carbons (Fsp3) is 0.429. The minimum atomic E-state index is 0. The zero-order valence-electron chi connectivity index (χ0n) is 6.63. The molecule has 0 saturated carbocycles. The third-order valence-corrected chi connectivity index (χ3v) is 2.78. The van der Waals surface area contributed by atoms with Crippen LogP contribution in [0.1, 0.15) is 5.69 Å². The molecule has 0 spiro atoms. The van der Waals surface area contributed by atoms with E-state index in [4.69, 9.17) is 0 Å². The quantitative estimate of drug-likeness (QED) is 0.395. The Hall–Kier alpha value is -0.290. The van der Waals surface area contributed by atoms with E-state index < -0.39 is 0 Å². The SMILES string of the molecule is Cc1cc(=O)[nH]c2[n+]1CCS2.[Br-]. The lowest BCUT2D eigenvalue weighted by Crippen LogP contribution is -3.00. The Balaban J connectivity index is 0.000000720. The second-order valence-corrected chi connectivity index (χ2v) is 3.66. The van der Waals surface area contributed by atoms with E-state index in [1.807, 2.05) is 6.92 Å². The highest BCUT2D eigenvalue weighted by Crippen LogP contribution is 2.14. The number of H-pyrrole nitrogens is 1. The van der Waals surface area contributed by atoms with Crippen LogP contribution in [-0.4, -0.2) is 10.7 Å². The first-order chi connectivity index (χ1) is 5.27. The summed E-state index contributed by atoms with van der Waals surface area (Å²) in [6.45, 7) is 2.98. The van der Waals surface area contributed by atoms with Crippen LogP contribution in [0.3, 0.4) is 0 Å². The van der Waals surface area contributed by atoms with E-state index >= 15 is 0 Å². The highest BCUT2D eigenvalue weighted by atomic mass is 79.9. The van der Waals surface area contributed by atoms with Crippen LogP contribution >= 0.6 is 11.8 Å². The Morgan fingerprint density at radius 2 is 2.42 bits per heavy atom. The molecule has 0 fully saturated rings. The van der Waals surface area contributed by atoms with Crippen LogP contribution in [0.2, 0.25) is 0 Å². The van der Waals surface area contributed by atoms with Gasteiger partial charge in [-0.1, -0.05) is 0 Å². The summed E-state index contributed by atoms with van der Waals surface area (Å²) in [6, 6.07) is 1.63. The number of halogens is 1. The van der Waals surface area contributed by atoms with Gasteiger partial charge in [0.2, 0.25) is 0 Å². The van der Waals surface area contributed by atoms with Crippen LogP contribution in [0, 0.1) is 6.92 Å². The summed E-state index contributed by atoms with van der Waals surface area (Å²) in [6.07, 6.45) is 0. The van der Waals surface area contributed by atoms with Gasteiger partial charge < -0.3 is 17.0 Å². The molecule has 0 atom stereocenters. The third kappa shape index (κ3) is 1.56. The number of nitrogens with zero attached hydrogens (tertiary/aromatic N) is 1. The molecule has 2 rings (SSSR count). The Morgan fingerprint density at radius 1 is 1.67 bits per heavy atom. The van der Waals surface area contributed by atoms with E-state index in [0.29, 0.717) is 0 Å². The minimum Gasteiger partial charge on any atom is -1.00 e. The molecule has 0 radical (unpaired) electrons. The van der Waals surface area contributed by atoms with Gasteiger partial charge in [-0.3, -0.25) is 0 Å². The first-order valence-corrected chi connectivity index (χ1v) is 4.52. The number of aromatic nitrogens is 2. The molecule has 0 bridgehead atoms. The van der Waals surface area contributed by atoms with Crippen molar-refractivity contribution >= 4 is 11.8 Å². The van der Waals surface area contributed by atoms with Gasteiger partial charge in [0, 0.05) is 5.75 Å². The number of aromatic amines is 1. The summed E-state index contributed by atoms with van der Waals surface area (Å²) in [4.78, 5) is 13.8. The van der Waals surface area contributed by atoms with Gasteiger partial charge >= 0.3 is 10.7 Å². The van der Waals surface area contributed by atoms with Crippen molar-refractivity contribution in [3.8, 4) is 0 Å². The summed E-state index contributed by atoms with van der Waals surface area (Å²) in [7, 11) is 0. The number of rotatable bonds is 0. The molecule has 1 aromatic heterocycles. The number of fused-ring (bicyclic) bond motifs is 1. The molecule has 0 aliphatic carbocycles. The van der Waals surface area contributed by atoms with E-state index in [-0.39, 0.29) is 22.5 Å². The predicted molar refractivity (Wildman–Crippen MR) is 42.7 cm³/mol. The highest BCUT2D eigenvalue weighted by Gasteiger charge is 2.20. The number of hydrogen-bond donors (Lipinski definition) is 1. The zero-order valence-corrected chi connectivity index (χ0v) is 9.04. The van der Waals surface area contributed by atoms with Crippen molar-refractivity contribution in [3.63, 3.8) is 0 Å². The molecule has 3 nitrogen and oxygen atoms in total. The maximum Gasteiger partial charge on any atom is 0.336 e. The Kier molecular flexibility index (Phi) is 2.95. The van der Waals surface area contributed by atoms with Gasteiger partial charge in [-0.05, 0) is 18.7 Å². The normalized spacial score (nSPS) is 13.8. The monoisotopic (exact) mass is 248 g/mol. The lowest BCUT2D eigenvalue weighted by Gasteiger charge is -1.95. The van der Waals surface area contributed by atoms with Gasteiger partial charge in [0.05, 0.1) is 6.07 Å². The van der Waals surface area contributed by atoms with Crippen molar-refractivity contribution in [2.24, 2.45) is 0 Å². The van der Waals surface area contributed by atoms with Gasteiger partial charge in [0.1, 0.15) is 12.2 Å². The van der Waals surface area contributed by atoms with Crippen LogP contribution in [-0.2, 0) is 6.54 Å².